The molecule has 0 aliphatic rings. The molecule has 6 nitrogen and oxygen atoms in total. The molecule has 0 bridgehead atoms. The van der Waals surface area contributed by atoms with E-state index in [0.29, 0.717) is 29.2 Å². The Morgan fingerprint density at radius 3 is 2.55 bits per heavy atom. The van der Waals surface area contributed by atoms with Crippen molar-refractivity contribution in [3.63, 3.8) is 0 Å². The number of carbonyl (C=O) groups excluding carboxylic acids is 1. The van der Waals surface area contributed by atoms with E-state index >= 15 is 0 Å². The highest BCUT2D eigenvalue weighted by molar-refractivity contribution is 7.99. The van der Waals surface area contributed by atoms with Gasteiger partial charge in [-0.1, -0.05) is 55.9 Å². The summed E-state index contributed by atoms with van der Waals surface area (Å²) in [6.45, 7) is 7.14. The van der Waals surface area contributed by atoms with Crippen molar-refractivity contribution in [1.82, 2.24) is 20.1 Å². The zero-order valence-corrected chi connectivity index (χ0v) is 20.7. The lowest BCUT2D eigenvalue weighted by molar-refractivity contribution is -0.119. The minimum absolute atomic E-state index is 0.0467. The second kappa shape index (κ2) is 10.9. The summed E-state index contributed by atoms with van der Waals surface area (Å²) in [7, 11) is 0. The van der Waals surface area contributed by atoms with Gasteiger partial charge in [0.2, 0.25) is 5.91 Å². The second-order valence-corrected chi connectivity index (χ2v) is 9.73. The third kappa shape index (κ3) is 5.39. The minimum atomic E-state index is -0.174. The molecule has 1 amide bonds. The molecule has 4 aromatic rings. The summed E-state index contributed by atoms with van der Waals surface area (Å²) < 4.78 is 7.42. The van der Waals surface area contributed by atoms with Crippen molar-refractivity contribution in [2.75, 3.05) is 5.75 Å². The lowest BCUT2D eigenvalue weighted by atomic mass is 9.95. The van der Waals surface area contributed by atoms with Gasteiger partial charge in [-0.15, -0.1) is 21.5 Å². The summed E-state index contributed by atoms with van der Waals surface area (Å²) in [4.78, 5) is 14.1. The van der Waals surface area contributed by atoms with E-state index < -0.39 is 0 Å². The van der Waals surface area contributed by atoms with E-state index in [2.05, 4.69) is 59.7 Å². The van der Waals surface area contributed by atoms with Crippen molar-refractivity contribution in [3.05, 3.63) is 76.2 Å². The minimum Gasteiger partial charge on any atom is -0.461 e. The number of nitrogens with zero attached hydrogens (tertiary/aromatic N) is 3. The van der Waals surface area contributed by atoms with Gasteiger partial charge in [0.05, 0.1) is 18.1 Å². The van der Waals surface area contributed by atoms with Crippen LogP contribution in [-0.2, 0) is 11.3 Å². The van der Waals surface area contributed by atoms with E-state index in [1.807, 2.05) is 35.1 Å². The van der Waals surface area contributed by atoms with Crippen molar-refractivity contribution in [3.8, 4) is 11.6 Å². The molecule has 172 valence electrons. The molecule has 0 saturated carbocycles. The van der Waals surface area contributed by atoms with E-state index in [-0.39, 0.29) is 17.7 Å². The third-order valence-electron chi connectivity index (χ3n) is 5.69. The zero-order valence-electron chi connectivity index (χ0n) is 19.0. The number of amides is 1. The summed E-state index contributed by atoms with van der Waals surface area (Å²) in [6, 6.07) is 16.2. The van der Waals surface area contributed by atoms with Gasteiger partial charge in [-0.25, -0.2) is 0 Å². The number of hydrogen-bond donors (Lipinski definition) is 1. The average molecular weight is 481 g/mol. The van der Waals surface area contributed by atoms with Crippen LogP contribution in [0.15, 0.2) is 69.7 Å². The normalized spacial score (nSPS) is 13.1. The Bertz CT molecular complexity index is 1150. The fourth-order valence-electron chi connectivity index (χ4n) is 3.63. The number of thiophene rings is 1. The Kier molecular flexibility index (Phi) is 7.67. The Balaban J connectivity index is 1.46. The molecule has 1 N–H and O–H groups in total. The molecule has 0 saturated heterocycles. The molecule has 33 heavy (non-hydrogen) atoms. The Hall–Kier alpha value is -2.84. The average Bonchev–Trinajstić information content (AvgIpc) is 3.62. The van der Waals surface area contributed by atoms with Crippen LogP contribution in [0.1, 0.15) is 55.2 Å². The van der Waals surface area contributed by atoms with E-state index in [1.165, 1.54) is 17.3 Å². The van der Waals surface area contributed by atoms with Gasteiger partial charge < -0.3 is 9.73 Å². The van der Waals surface area contributed by atoms with Gasteiger partial charge in [0.1, 0.15) is 0 Å². The van der Waals surface area contributed by atoms with E-state index in [0.717, 1.165) is 16.9 Å². The molecule has 0 fully saturated rings. The van der Waals surface area contributed by atoms with Gasteiger partial charge >= 0.3 is 0 Å². The summed E-state index contributed by atoms with van der Waals surface area (Å²) >= 11 is 3.03. The lowest BCUT2D eigenvalue weighted by Gasteiger charge is -2.19. The van der Waals surface area contributed by atoms with Gasteiger partial charge in [0.15, 0.2) is 16.7 Å². The number of carbonyl (C=O) groups is 1. The molecule has 8 heteroatoms. The van der Waals surface area contributed by atoms with Crippen LogP contribution in [0.3, 0.4) is 0 Å². The maximum Gasteiger partial charge on any atom is 0.231 e. The molecule has 0 radical (unpaired) electrons. The van der Waals surface area contributed by atoms with Crippen molar-refractivity contribution in [2.45, 2.75) is 50.9 Å². The molecule has 4 rings (SSSR count). The molecular formula is C25H28N4O2S2. The SMILES string of the molecule is CCC(C)c1ccc(C(NC(=O)CSc2nnc(-c3ccco3)n2CC)c2cccs2)cc1. The molecule has 0 aliphatic heterocycles. The second-order valence-electron chi connectivity index (χ2n) is 7.81. The first-order valence-electron chi connectivity index (χ1n) is 11.1. The number of hydrogen-bond acceptors (Lipinski definition) is 6. The molecule has 0 spiro atoms. The largest absolute Gasteiger partial charge is 0.461 e. The summed E-state index contributed by atoms with van der Waals surface area (Å²) in [5.41, 5.74) is 2.40. The lowest BCUT2D eigenvalue weighted by Crippen LogP contribution is -2.30. The van der Waals surface area contributed by atoms with Crippen LogP contribution >= 0.6 is 23.1 Å². The number of furan rings is 1. The van der Waals surface area contributed by atoms with Crippen LogP contribution in [0.5, 0.6) is 0 Å². The number of nitrogens with one attached hydrogen (secondary N) is 1. The van der Waals surface area contributed by atoms with Crippen LogP contribution in [0.25, 0.3) is 11.6 Å². The zero-order chi connectivity index (χ0) is 23.2. The maximum atomic E-state index is 12.9. The molecule has 0 aliphatic carbocycles. The highest BCUT2D eigenvalue weighted by Crippen LogP contribution is 2.29. The van der Waals surface area contributed by atoms with Crippen molar-refractivity contribution < 1.29 is 9.21 Å². The van der Waals surface area contributed by atoms with Gasteiger partial charge in [-0.05, 0) is 54.0 Å². The molecular weight excluding hydrogens is 452 g/mol. The quantitative estimate of drug-likeness (QED) is 0.276. The van der Waals surface area contributed by atoms with Crippen LogP contribution in [0, 0.1) is 0 Å². The fraction of sp³-hybridized carbons (Fsp3) is 0.320. The van der Waals surface area contributed by atoms with Crippen molar-refractivity contribution in [2.24, 2.45) is 0 Å². The summed E-state index contributed by atoms with van der Waals surface area (Å²) in [5.74, 6) is 2.06. The first-order valence-corrected chi connectivity index (χ1v) is 13.0. The molecule has 3 heterocycles. The molecule has 3 aromatic heterocycles. The van der Waals surface area contributed by atoms with Crippen LogP contribution < -0.4 is 5.32 Å². The Morgan fingerprint density at radius 1 is 1.12 bits per heavy atom. The smallest absolute Gasteiger partial charge is 0.231 e. The predicted octanol–water partition coefficient (Wildman–Crippen LogP) is 6.13. The highest BCUT2D eigenvalue weighted by atomic mass is 32.2. The Labute approximate surface area is 202 Å². The summed E-state index contributed by atoms with van der Waals surface area (Å²) in [6.07, 6.45) is 2.72. The van der Waals surface area contributed by atoms with E-state index in [9.17, 15) is 4.79 Å². The van der Waals surface area contributed by atoms with Crippen molar-refractivity contribution in [1.29, 1.82) is 0 Å². The first-order chi connectivity index (χ1) is 16.1. The predicted molar refractivity (Wildman–Crippen MR) is 134 cm³/mol. The number of rotatable bonds is 10. The van der Waals surface area contributed by atoms with E-state index in [1.54, 1.807) is 17.6 Å². The van der Waals surface area contributed by atoms with Gasteiger partial charge in [-0.3, -0.25) is 9.36 Å². The third-order valence-corrected chi connectivity index (χ3v) is 7.60. The monoisotopic (exact) mass is 480 g/mol. The van der Waals surface area contributed by atoms with Gasteiger partial charge in [0, 0.05) is 11.4 Å². The van der Waals surface area contributed by atoms with Gasteiger partial charge in [-0.2, -0.15) is 0 Å². The van der Waals surface area contributed by atoms with Crippen LogP contribution in [0.4, 0.5) is 0 Å². The highest BCUT2D eigenvalue weighted by Gasteiger charge is 2.20. The van der Waals surface area contributed by atoms with Crippen LogP contribution in [-0.4, -0.2) is 26.4 Å². The topological polar surface area (TPSA) is 73.0 Å². The van der Waals surface area contributed by atoms with Crippen LogP contribution in [0.2, 0.25) is 0 Å². The maximum absolute atomic E-state index is 12.9. The first kappa shape index (κ1) is 23.3. The molecule has 2 unspecified atom stereocenters. The Morgan fingerprint density at radius 2 is 1.91 bits per heavy atom. The molecule has 2 atom stereocenters. The fourth-order valence-corrected chi connectivity index (χ4v) is 5.24. The van der Waals surface area contributed by atoms with E-state index in [4.69, 9.17) is 4.42 Å². The number of aromatic nitrogens is 3. The van der Waals surface area contributed by atoms with Crippen molar-refractivity contribution >= 4 is 29.0 Å². The molecule has 1 aromatic carbocycles. The summed E-state index contributed by atoms with van der Waals surface area (Å²) in [5, 5.41) is 14.5. The van der Waals surface area contributed by atoms with Gasteiger partial charge in [0.25, 0.3) is 0 Å². The number of benzene rings is 1. The number of thioether (sulfide) groups is 1. The standard InChI is InChI=1S/C25H28N4O2S2/c1-4-17(3)18-10-12-19(13-11-18)23(21-9-7-15-32-21)26-22(30)16-33-25-28-27-24(29(25)5-2)20-8-6-14-31-20/h6-15,17,23H,4-5,16H2,1-3H3,(H,26,30).